The van der Waals surface area contributed by atoms with Crippen molar-refractivity contribution in [2.45, 2.75) is 26.7 Å². The normalized spacial score (nSPS) is 13.8. The second-order valence-electron chi connectivity index (χ2n) is 3.13. The van der Waals surface area contributed by atoms with Gasteiger partial charge in [-0.05, 0) is 11.8 Å². The Morgan fingerprint density at radius 3 is 2.45 bits per heavy atom. The number of nitrogens with two attached hydrogens (primary N) is 1. The van der Waals surface area contributed by atoms with Crippen LogP contribution in [0.25, 0.3) is 0 Å². The maximum absolute atomic E-state index is 5.52. The van der Waals surface area contributed by atoms with Crippen LogP contribution >= 0.6 is 11.3 Å². The molecule has 2 N–H and O–H groups in total. The van der Waals surface area contributed by atoms with Gasteiger partial charge in [-0.2, -0.15) is 0 Å². The first-order valence-corrected chi connectivity index (χ1v) is 4.64. The Labute approximate surface area is 71.5 Å². The minimum atomic E-state index is 0.574. The third-order valence-electron chi connectivity index (χ3n) is 1.99. The van der Waals surface area contributed by atoms with Crippen molar-refractivity contribution in [2.24, 2.45) is 5.92 Å². The lowest BCUT2D eigenvalue weighted by Crippen LogP contribution is -1.98. The first kappa shape index (κ1) is 8.53. The van der Waals surface area contributed by atoms with E-state index in [0.29, 0.717) is 17.0 Å². The molecule has 1 atom stereocenters. The van der Waals surface area contributed by atoms with Crippen LogP contribution in [0.5, 0.6) is 0 Å². The predicted octanol–water partition coefficient (Wildman–Crippen LogP) is 2.48. The van der Waals surface area contributed by atoms with E-state index in [-0.39, 0.29) is 0 Å². The van der Waals surface area contributed by atoms with Gasteiger partial charge in [-0.3, -0.25) is 0 Å². The van der Waals surface area contributed by atoms with Crippen LogP contribution in [-0.2, 0) is 0 Å². The molecule has 0 aliphatic rings. The van der Waals surface area contributed by atoms with Crippen molar-refractivity contribution in [1.29, 1.82) is 0 Å². The minimum Gasteiger partial charge on any atom is -0.375 e. The van der Waals surface area contributed by atoms with Gasteiger partial charge in [0, 0.05) is 11.1 Å². The van der Waals surface area contributed by atoms with E-state index in [1.165, 1.54) is 4.88 Å². The van der Waals surface area contributed by atoms with Crippen LogP contribution in [-0.4, -0.2) is 4.98 Å². The number of hydrogen-bond acceptors (Lipinski definition) is 3. The number of rotatable bonds is 2. The summed E-state index contributed by atoms with van der Waals surface area (Å²) in [6.07, 6.45) is 1.88. The molecule has 0 saturated heterocycles. The Balaban J connectivity index is 2.76. The summed E-state index contributed by atoms with van der Waals surface area (Å²) in [4.78, 5) is 5.31. The SMILES string of the molecule is CC(C)C(C)c1cnc(N)s1. The molecular formula is C8H14N2S. The molecule has 0 spiro atoms. The quantitative estimate of drug-likeness (QED) is 0.740. The summed E-state index contributed by atoms with van der Waals surface area (Å²) in [7, 11) is 0. The molecule has 0 amide bonds. The summed E-state index contributed by atoms with van der Waals surface area (Å²) in [6.45, 7) is 6.62. The van der Waals surface area contributed by atoms with Crippen LogP contribution in [0.3, 0.4) is 0 Å². The van der Waals surface area contributed by atoms with Gasteiger partial charge in [-0.1, -0.05) is 20.8 Å². The molecule has 2 nitrogen and oxygen atoms in total. The van der Waals surface area contributed by atoms with Crippen molar-refractivity contribution < 1.29 is 0 Å². The lowest BCUT2D eigenvalue weighted by molar-refractivity contribution is 0.541. The second-order valence-corrected chi connectivity index (χ2v) is 4.23. The Kier molecular flexibility index (Phi) is 2.49. The van der Waals surface area contributed by atoms with Crippen molar-refractivity contribution in [3.63, 3.8) is 0 Å². The maximum atomic E-state index is 5.52. The lowest BCUT2D eigenvalue weighted by atomic mass is 9.97. The molecule has 0 aromatic carbocycles. The van der Waals surface area contributed by atoms with E-state index in [1.54, 1.807) is 11.3 Å². The summed E-state index contributed by atoms with van der Waals surface area (Å²) >= 11 is 1.59. The molecule has 0 saturated carbocycles. The van der Waals surface area contributed by atoms with Gasteiger partial charge in [0.05, 0.1) is 0 Å². The zero-order valence-electron chi connectivity index (χ0n) is 7.16. The average molecular weight is 170 g/mol. The first-order chi connectivity index (χ1) is 5.11. The molecule has 1 heterocycles. The molecule has 0 radical (unpaired) electrons. The Hall–Kier alpha value is -0.570. The zero-order valence-corrected chi connectivity index (χ0v) is 7.98. The fraction of sp³-hybridized carbons (Fsp3) is 0.625. The van der Waals surface area contributed by atoms with E-state index in [9.17, 15) is 0 Å². The predicted molar refractivity (Wildman–Crippen MR) is 49.8 cm³/mol. The monoisotopic (exact) mass is 170 g/mol. The van der Waals surface area contributed by atoms with E-state index < -0.39 is 0 Å². The third kappa shape index (κ3) is 1.93. The number of thiazole rings is 1. The molecule has 1 rings (SSSR count). The summed E-state index contributed by atoms with van der Waals surface area (Å²) in [5.74, 6) is 1.24. The van der Waals surface area contributed by atoms with E-state index in [1.807, 2.05) is 6.20 Å². The Bertz CT molecular complexity index is 230. The largest absolute Gasteiger partial charge is 0.375 e. The molecule has 3 heteroatoms. The molecule has 0 bridgehead atoms. The number of nitrogens with zero attached hydrogens (tertiary/aromatic N) is 1. The summed E-state index contributed by atoms with van der Waals surface area (Å²) in [5.41, 5.74) is 5.52. The van der Waals surface area contributed by atoms with Crippen LogP contribution in [0.15, 0.2) is 6.20 Å². The molecule has 0 aliphatic carbocycles. The highest BCUT2D eigenvalue weighted by Gasteiger charge is 2.11. The van der Waals surface area contributed by atoms with Gasteiger partial charge >= 0.3 is 0 Å². The highest BCUT2D eigenvalue weighted by Crippen LogP contribution is 2.28. The molecule has 0 aliphatic heterocycles. The smallest absolute Gasteiger partial charge is 0.180 e. The van der Waals surface area contributed by atoms with Gasteiger partial charge in [0.2, 0.25) is 0 Å². The molecule has 11 heavy (non-hydrogen) atoms. The number of nitrogen functional groups attached to an aromatic ring is 1. The molecule has 1 aromatic heterocycles. The van der Waals surface area contributed by atoms with Gasteiger partial charge in [-0.15, -0.1) is 11.3 Å². The van der Waals surface area contributed by atoms with Crippen molar-refractivity contribution in [3.8, 4) is 0 Å². The average Bonchev–Trinajstić information content (AvgIpc) is 2.34. The van der Waals surface area contributed by atoms with Crippen molar-refractivity contribution in [3.05, 3.63) is 11.1 Å². The van der Waals surface area contributed by atoms with Crippen LogP contribution < -0.4 is 5.73 Å². The molecule has 1 aromatic rings. The van der Waals surface area contributed by atoms with E-state index in [2.05, 4.69) is 25.8 Å². The van der Waals surface area contributed by atoms with Gasteiger partial charge in [-0.25, -0.2) is 4.98 Å². The van der Waals surface area contributed by atoms with Gasteiger partial charge in [0.15, 0.2) is 5.13 Å². The topological polar surface area (TPSA) is 38.9 Å². The zero-order chi connectivity index (χ0) is 8.43. The standard InChI is InChI=1S/C8H14N2S/c1-5(2)6(3)7-4-10-8(9)11-7/h4-6H,1-3H3,(H2,9,10). The molecule has 1 unspecified atom stereocenters. The van der Waals surface area contributed by atoms with E-state index in [0.717, 1.165) is 0 Å². The number of aromatic nitrogens is 1. The van der Waals surface area contributed by atoms with Crippen molar-refractivity contribution in [1.82, 2.24) is 4.98 Å². The molecular weight excluding hydrogens is 156 g/mol. The number of hydrogen-bond donors (Lipinski definition) is 1. The van der Waals surface area contributed by atoms with Crippen LogP contribution in [0, 0.1) is 5.92 Å². The van der Waals surface area contributed by atoms with Gasteiger partial charge < -0.3 is 5.73 Å². The summed E-state index contributed by atoms with van der Waals surface area (Å²) in [6, 6.07) is 0. The van der Waals surface area contributed by atoms with Crippen molar-refractivity contribution in [2.75, 3.05) is 5.73 Å². The molecule has 0 fully saturated rings. The first-order valence-electron chi connectivity index (χ1n) is 3.82. The number of anilines is 1. The summed E-state index contributed by atoms with van der Waals surface area (Å²) < 4.78 is 0. The highest BCUT2D eigenvalue weighted by atomic mass is 32.1. The third-order valence-corrected chi connectivity index (χ3v) is 3.02. The van der Waals surface area contributed by atoms with Crippen LogP contribution in [0.1, 0.15) is 31.6 Å². The maximum Gasteiger partial charge on any atom is 0.180 e. The Morgan fingerprint density at radius 2 is 2.09 bits per heavy atom. The van der Waals surface area contributed by atoms with Gasteiger partial charge in [0.25, 0.3) is 0 Å². The highest BCUT2D eigenvalue weighted by molar-refractivity contribution is 7.15. The van der Waals surface area contributed by atoms with E-state index in [4.69, 9.17) is 5.73 Å². The Morgan fingerprint density at radius 1 is 1.45 bits per heavy atom. The van der Waals surface area contributed by atoms with Gasteiger partial charge in [0.1, 0.15) is 0 Å². The fourth-order valence-electron chi connectivity index (χ4n) is 0.840. The van der Waals surface area contributed by atoms with Crippen LogP contribution in [0.4, 0.5) is 5.13 Å². The summed E-state index contributed by atoms with van der Waals surface area (Å²) in [5, 5.41) is 0.674. The lowest BCUT2D eigenvalue weighted by Gasteiger charge is -2.11. The molecule has 62 valence electrons. The second kappa shape index (κ2) is 3.22. The van der Waals surface area contributed by atoms with E-state index >= 15 is 0 Å². The fourth-order valence-corrected chi connectivity index (χ4v) is 1.75. The van der Waals surface area contributed by atoms with Crippen molar-refractivity contribution >= 4 is 16.5 Å². The van der Waals surface area contributed by atoms with Crippen LogP contribution in [0.2, 0.25) is 0 Å². The minimum absolute atomic E-state index is 0.574.